The van der Waals surface area contributed by atoms with Crippen LogP contribution in [0.25, 0.3) is 10.9 Å². The topological polar surface area (TPSA) is 48.1 Å². The molecule has 0 unspecified atom stereocenters. The number of hydrogen-bond acceptors (Lipinski definition) is 1. The van der Waals surface area contributed by atoms with Crippen LogP contribution in [0, 0.1) is 0 Å². The molecule has 2 N–H and O–H groups in total. The minimum absolute atomic E-state index is 0.233. The van der Waals surface area contributed by atoms with Crippen molar-refractivity contribution in [1.82, 2.24) is 15.2 Å². The smallest absolute Gasteiger partial charge is 0.361 e. The number of carbonyl (C=O) groups excluding carboxylic acids is 1. The third-order valence-electron chi connectivity index (χ3n) is 4.39. The quantitative estimate of drug-likeness (QED) is 0.674. The summed E-state index contributed by atoms with van der Waals surface area (Å²) >= 11 is 0. The number of halogens is 3. The van der Waals surface area contributed by atoms with Gasteiger partial charge in [-0.1, -0.05) is 30.3 Å². The van der Waals surface area contributed by atoms with Crippen LogP contribution in [0.15, 0.2) is 54.7 Å². The molecule has 142 valence electrons. The van der Waals surface area contributed by atoms with E-state index in [2.05, 4.69) is 10.3 Å². The number of nitrogens with zero attached hydrogens (tertiary/aromatic N) is 1. The maximum absolute atomic E-state index is 12.6. The van der Waals surface area contributed by atoms with Crippen LogP contribution in [0.4, 0.5) is 18.0 Å². The molecule has 0 bridgehead atoms. The molecule has 0 aliphatic rings. The predicted molar refractivity (Wildman–Crippen MR) is 98.3 cm³/mol. The highest BCUT2D eigenvalue weighted by molar-refractivity contribution is 5.83. The van der Waals surface area contributed by atoms with Crippen LogP contribution in [-0.2, 0) is 19.1 Å². The lowest BCUT2D eigenvalue weighted by Gasteiger charge is -2.18. The minimum atomic E-state index is -4.36. The molecule has 4 nitrogen and oxygen atoms in total. The van der Waals surface area contributed by atoms with Crippen LogP contribution < -0.4 is 5.32 Å². The van der Waals surface area contributed by atoms with Crippen LogP contribution in [0.1, 0.15) is 16.7 Å². The molecule has 0 fully saturated rings. The predicted octanol–water partition coefficient (Wildman–Crippen LogP) is 4.57. The van der Waals surface area contributed by atoms with E-state index >= 15 is 0 Å². The van der Waals surface area contributed by atoms with Crippen molar-refractivity contribution in [3.8, 4) is 0 Å². The van der Waals surface area contributed by atoms with Gasteiger partial charge in [-0.05, 0) is 35.7 Å². The molecule has 0 saturated carbocycles. The van der Waals surface area contributed by atoms with Crippen LogP contribution in [0.2, 0.25) is 0 Å². The number of H-pyrrole nitrogens is 1. The number of hydrogen-bond donors (Lipinski definition) is 2. The molecular formula is C20H20F3N3O. The first kappa shape index (κ1) is 18.8. The first-order valence-electron chi connectivity index (χ1n) is 8.54. The average molecular weight is 375 g/mol. The summed E-state index contributed by atoms with van der Waals surface area (Å²) in [7, 11) is 1.61. The summed E-state index contributed by atoms with van der Waals surface area (Å²) in [6.45, 7) is 0.703. The van der Waals surface area contributed by atoms with Crippen molar-refractivity contribution in [2.75, 3.05) is 13.6 Å². The molecule has 2 aromatic carbocycles. The van der Waals surface area contributed by atoms with Crippen molar-refractivity contribution >= 4 is 16.9 Å². The van der Waals surface area contributed by atoms with E-state index in [0.717, 1.165) is 28.6 Å². The van der Waals surface area contributed by atoms with E-state index in [1.54, 1.807) is 7.05 Å². The van der Waals surface area contributed by atoms with Gasteiger partial charge in [0.05, 0.1) is 5.56 Å². The molecule has 2 amide bonds. The highest BCUT2D eigenvalue weighted by Crippen LogP contribution is 2.29. The van der Waals surface area contributed by atoms with E-state index in [0.29, 0.717) is 18.5 Å². The number of alkyl halides is 3. The van der Waals surface area contributed by atoms with Gasteiger partial charge in [0, 0.05) is 37.2 Å². The van der Waals surface area contributed by atoms with Crippen molar-refractivity contribution in [3.63, 3.8) is 0 Å². The number of aromatic amines is 1. The highest BCUT2D eigenvalue weighted by atomic mass is 19.4. The van der Waals surface area contributed by atoms with E-state index in [1.165, 1.54) is 17.0 Å². The molecule has 0 aliphatic carbocycles. The Bertz CT molecular complexity index is 916. The third-order valence-corrected chi connectivity index (χ3v) is 4.39. The lowest BCUT2D eigenvalue weighted by molar-refractivity contribution is -0.137. The number of rotatable bonds is 5. The van der Waals surface area contributed by atoms with Crippen molar-refractivity contribution in [3.05, 3.63) is 71.4 Å². The van der Waals surface area contributed by atoms with E-state index < -0.39 is 11.7 Å². The molecule has 0 spiro atoms. The second kappa shape index (κ2) is 7.73. The first-order chi connectivity index (χ1) is 12.8. The zero-order valence-electron chi connectivity index (χ0n) is 14.8. The second-order valence-electron chi connectivity index (χ2n) is 6.39. The lowest BCUT2D eigenvalue weighted by Crippen LogP contribution is -2.37. The maximum atomic E-state index is 12.6. The van der Waals surface area contributed by atoms with Crippen LogP contribution >= 0.6 is 0 Å². The van der Waals surface area contributed by atoms with Gasteiger partial charge in [0.2, 0.25) is 0 Å². The molecule has 0 saturated heterocycles. The number of fused-ring (bicyclic) bond motifs is 1. The van der Waals surface area contributed by atoms with E-state index in [4.69, 9.17) is 0 Å². The molecule has 7 heteroatoms. The molecule has 27 heavy (non-hydrogen) atoms. The molecule has 0 atom stereocenters. The fourth-order valence-corrected chi connectivity index (χ4v) is 2.92. The molecule has 1 heterocycles. The molecule has 3 aromatic rings. The van der Waals surface area contributed by atoms with Crippen molar-refractivity contribution in [1.29, 1.82) is 0 Å². The van der Waals surface area contributed by atoms with Gasteiger partial charge < -0.3 is 15.2 Å². The fraction of sp³-hybridized carbons (Fsp3) is 0.250. The van der Waals surface area contributed by atoms with E-state index in [1.807, 2.05) is 30.5 Å². The summed E-state index contributed by atoms with van der Waals surface area (Å²) in [6.07, 6.45) is -1.74. The number of urea groups is 1. The zero-order chi connectivity index (χ0) is 19.4. The summed E-state index contributed by atoms with van der Waals surface area (Å²) in [5.74, 6) is 0. The highest BCUT2D eigenvalue weighted by Gasteiger charge is 2.29. The van der Waals surface area contributed by atoms with Gasteiger partial charge in [-0.2, -0.15) is 13.2 Å². The fourth-order valence-electron chi connectivity index (χ4n) is 2.92. The standard InChI is InChI=1S/C20H20F3N3O/c1-26(13-14-6-8-16(9-7-14)20(21,22)23)19(27)24-11-10-15-12-25-18-5-3-2-4-17(15)18/h2-9,12,25H,10-11,13H2,1H3,(H,24,27). The SMILES string of the molecule is CN(Cc1ccc(C(F)(F)F)cc1)C(=O)NCCc1c[nH]c2ccccc12. The summed E-state index contributed by atoms with van der Waals surface area (Å²) in [4.78, 5) is 16.8. The number of carbonyl (C=O) groups is 1. The second-order valence-corrected chi connectivity index (χ2v) is 6.39. The van der Waals surface area contributed by atoms with Gasteiger partial charge >= 0.3 is 12.2 Å². The van der Waals surface area contributed by atoms with Gasteiger partial charge in [0.25, 0.3) is 0 Å². The summed E-state index contributed by atoms with van der Waals surface area (Å²) in [5, 5.41) is 3.96. The molecule has 0 aliphatic heterocycles. The Labute approximate surface area is 155 Å². The number of benzene rings is 2. The number of aromatic nitrogens is 1. The normalized spacial score (nSPS) is 11.6. The van der Waals surface area contributed by atoms with E-state index in [9.17, 15) is 18.0 Å². The van der Waals surface area contributed by atoms with Gasteiger partial charge in [0.15, 0.2) is 0 Å². The molecule has 3 rings (SSSR count). The van der Waals surface area contributed by atoms with Crippen LogP contribution in [-0.4, -0.2) is 29.5 Å². The molecule has 1 aromatic heterocycles. The number of amides is 2. The summed E-state index contributed by atoms with van der Waals surface area (Å²) < 4.78 is 37.8. The van der Waals surface area contributed by atoms with Crippen LogP contribution in [0.5, 0.6) is 0 Å². The Balaban J connectivity index is 1.50. The third kappa shape index (κ3) is 4.61. The number of para-hydroxylation sites is 1. The summed E-state index contributed by atoms with van der Waals surface area (Å²) in [6, 6.07) is 12.5. The van der Waals surface area contributed by atoms with Crippen molar-refractivity contribution in [2.24, 2.45) is 0 Å². The Morgan fingerprint density at radius 1 is 1.11 bits per heavy atom. The van der Waals surface area contributed by atoms with Gasteiger partial charge in [-0.3, -0.25) is 0 Å². The zero-order valence-corrected chi connectivity index (χ0v) is 14.8. The molecule has 0 radical (unpaired) electrons. The van der Waals surface area contributed by atoms with E-state index in [-0.39, 0.29) is 12.6 Å². The summed E-state index contributed by atoms with van der Waals surface area (Å²) in [5.41, 5.74) is 2.11. The Kier molecular flexibility index (Phi) is 5.39. The van der Waals surface area contributed by atoms with Crippen LogP contribution in [0.3, 0.4) is 0 Å². The molecular weight excluding hydrogens is 355 g/mol. The maximum Gasteiger partial charge on any atom is 0.416 e. The minimum Gasteiger partial charge on any atom is -0.361 e. The van der Waals surface area contributed by atoms with Gasteiger partial charge in [-0.15, -0.1) is 0 Å². The Hall–Kier alpha value is -2.96. The Morgan fingerprint density at radius 2 is 1.81 bits per heavy atom. The van der Waals surface area contributed by atoms with Crippen molar-refractivity contribution < 1.29 is 18.0 Å². The van der Waals surface area contributed by atoms with Gasteiger partial charge in [-0.25, -0.2) is 4.79 Å². The monoisotopic (exact) mass is 375 g/mol. The van der Waals surface area contributed by atoms with Gasteiger partial charge in [0.1, 0.15) is 0 Å². The first-order valence-corrected chi connectivity index (χ1v) is 8.54. The average Bonchev–Trinajstić information content (AvgIpc) is 3.04. The lowest BCUT2D eigenvalue weighted by atomic mass is 10.1. The Morgan fingerprint density at radius 3 is 2.52 bits per heavy atom. The largest absolute Gasteiger partial charge is 0.416 e. The van der Waals surface area contributed by atoms with Crippen molar-refractivity contribution in [2.45, 2.75) is 19.1 Å². The number of nitrogens with one attached hydrogen (secondary N) is 2.